The molecule has 4 rings (SSSR count). The number of carbonyl (C=O) groups excluding carboxylic acids is 3. The molecule has 0 saturated heterocycles. The van der Waals surface area contributed by atoms with Gasteiger partial charge < -0.3 is 20.1 Å². The average Bonchev–Trinajstić information content (AvgIpc) is 2.78. The lowest BCUT2D eigenvalue weighted by molar-refractivity contribution is -0.153. The fraction of sp³-hybridized carbons (Fsp3) is 0.320. The summed E-state index contributed by atoms with van der Waals surface area (Å²) in [5.41, 5.74) is 1.44. The molecule has 2 aromatic rings. The van der Waals surface area contributed by atoms with E-state index in [-0.39, 0.29) is 30.5 Å². The van der Waals surface area contributed by atoms with Crippen molar-refractivity contribution in [3.63, 3.8) is 0 Å². The molecular formula is C25H26N2O5. The molecule has 1 aliphatic heterocycles. The van der Waals surface area contributed by atoms with Crippen LogP contribution in [0.5, 0.6) is 0 Å². The monoisotopic (exact) mass is 434 g/mol. The first-order valence-electron chi connectivity index (χ1n) is 10.8. The van der Waals surface area contributed by atoms with Crippen molar-refractivity contribution in [1.82, 2.24) is 10.6 Å². The van der Waals surface area contributed by atoms with E-state index in [0.29, 0.717) is 12.8 Å². The van der Waals surface area contributed by atoms with Crippen molar-refractivity contribution < 1.29 is 23.9 Å². The molecule has 1 atom stereocenters. The number of ether oxygens (including phenoxy) is 2. The molecule has 32 heavy (non-hydrogen) atoms. The van der Waals surface area contributed by atoms with Crippen molar-refractivity contribution >= 4 is 18.0 Å². The summed E-state index contributed by atoms with van der Waals surface area (Å²) in [5, 5.41) is 5.41. The number of rotatable bonds is 7. The minimum absolute atomic E-state index is 0.183. The highest BCUT2D eigenvalue weighted by molar-refractivity contribution is 5.95. The molecule has 2 aliphatic rings. The van der Waals surface area contributed by atoms with Crippen LogP contribution in [0.25, 0.3) is 0 Å². The first kappa shape index (κ1) is 21.6. The Kier molecular flexibility index (Phi) is 6.25. The van der Waals surface area contributed by atoms with Gasteiger partial charge >= 0.3 is 18.0 Å². The van der Waals surface area contributed by atoms with E-state index in [1.165, 1.54) is 0 Å². The molecule has 0 aromatic heterocycles. The zero-order chi connectivity index (χ0) is 22.6. The number of hydrogen-bond donors (Lipinski definition) is 2. The summed E-state index contributed by atoms with van der Waals surface area (Å²) in [5.74, 6) is -0.920. The van der Waals surface area contributed by atoms with Gasteiger partial charge in [0.25, 0.3) is 0 Å². The van der Waals surface area contributed by atoms with Crippen molar-refractivity contribution in [3.05, 3.63) is 83.1 Å². The first-order valence-corrected chi connectivity index (χ1v) is 10.8. The summed E-state index contributed by atoms with van der Waals surface area (Å²) in [6, 6.07) is 17.5. The van der Waals surface area contributed by atoms with Crippen LogP contribution in [0.3, 0.4) is 0 Å². The van der Waals surface area contributed by atoms with E-state index in [1.807, 2.05) is 60.7 Å². The van der Waals surface area contributed by atoms with E-state index in [4.69, 9.17) is 9.47 Å². The van der Waals surface area contributed by atoms with Crippen molar-refractivity contribution in [3.8, 4) is 0 Å². The maximum Gasteiger partial charge on any atom is 0.338 e. The molecule has 1 heterocycles. The standard InChI is InChI=1S/C25H26N2O5/c1-2-31-22(28)20-19(26-24(30)27-21(20)17-10-5-3-6-11-17)16-32-23(29)25(14-9-15-25)18-12-7-4-8-13-18/h3-8,10-13,21H,2,9,14-16H2,1H3,(H2,26,27,30). The zero-order valence-electron chi connectivity index (χ0n) is 17.9. The lowest BCUT2D eigenvalue weighted by Gasteiger charge is -2.40. The summed E-state index contributed by atoms with van der Waals surface area (Å²) in [4.78, 5) is 38.3. The molecule has 1 unspecified atom stereocenters. The van der Waals surface area contributed by atoms with Crippen molar-refractivity contribution in [2.24, 2.45) is 0 Å². The fourth-order valence-electron chi connectivity index (χ4n) is 4.25. The van der Waals surface area contributed by atoms with Gasteiger partial charge in [0.1, 0.15) is 6.61 Å². The van der Waals surface area contributed by atoms with Gasteiger partial charge in [0.05, 0.1) is 29.3 Å². The molecule has 166 valence electrons. The van der Waals surface area contributed by atoms with Gasteiger partial charge in [-0.25, -0.2) is 9.59 Å². The average molecular weight is 434 g/mol. The Morgan fingerprint density at radius 2 is 1.66 bits per heavy atom. The molecule has 2 N–H and O–H groups in total. The summed E-state index contributed by atoms with van der Waals surface area (Å²) in [7, 11) is 0. The molecule has 2 aromatic carbocycles. The summed E-state index contributed by atoms with van der Waals surface area (Å²) in [6.45, 7) is 1.67. The van der Waals surface area contributed by atoms with Crippen molar-refractivity contribution in [2.75, 3.05) is 13.2 Å². The predicted molar refractivity (Wildman–Crippen MR) is 117 cm³/mol. The third-order valence-corrected chi connectivity index (χ3v) is 6.05. The van der Waals surface area contributed by atoms with E-state index in [9.17, 15) is 14.4 Å². The van der Waals surface area contributed by atoms with Crippen LogP contribution in [0.1, 0.15) is 43.4 Å². The van der Waals surface area contributed by atoms with Crippen LogP contribution in [0.4, 0.5) is 4.79 Å². The summed E-state index contributed by atoms with van der Waals surface area (Å²) in [6.07, 6.45) is 2.36. The Morgan fingerprint density at radius 3 is 2.25 bits per heavy atom. The van der Waals surface area contributed by atoms with Crippen LogP contribution < -0.4 is 10.6 Å². The summed E-state index contributed by atoms with van der Waals surface area (Å²) >= 11 is 0. The first-order chi connectivity index (χ1) is 15.5. The highest BCUT2D eigenvalue weighted by Crippen LogP contribution is 2.44. The predicted octanol–water partition coefficient (Wildman–Crippen LogP) is 3.52. The second kappa shape index (κ2) is 9.26. The maximum atomic E-state index is 13.1. The molecule has 7 heteroatoms. The van der Waals surface area contributed by atoms with Crippen LogP contribution in [-0.2, 0) is 24.5 Å². The Balaban J connectivity index is 1.62. The Labute approximate surface area is 186 Å². The third kappa shape index (κ3) is 4.10. The summed E-state index contributed by atoms with van der Waals surface area (Å²) < 4.78 is 10.9. The van der Waals surface area contributed by atoms with Crippen LogP contribution in [0.2, 0.25) is 0 Å². The SMILES string of the molecule is CCOC(=O)C1=C(COC(=O)C2(c3ccccc3)CCC2)NC(=O)NC1c1ccccc1. The Morgan fingerprint density at radius 1 is 1.00 bits per heavy atom. The molecule has 0 spiro atoms. The van der Waals surface area contributed by atoms with Gasteiger partial charge in [0.15, 0.2) is 0 Å². The van der Waals surface area contributed by atoms with Crippen molar-refractivity contribution in [1.29, 1.82) is 0 Å². The van der Waals surface area contributed by atoms with Gasteiger partial charge in [0.2, 0.25) is 0 Å². The number of esters is 2. The maximum absolute atomic E-state index is 13.1. The minimum Gasteiger partial charge on any atom is -0.463 e. The third-order valence-electron chi connectivity index (χ3n) is 6.05. The van der Waals surface area contributed by atoms with Crippen molar-refractivity contribution in [2.45, 2.75) is 37.6 Å². The highest BCUT2D eigenvalue weighted by Gasteiger charge is 2.47. The van der Waals surface area contributed by atoms with Gasteiger partial charge in [-0.2, -0.15) is 0 Å². The smallest absolute Gasteiger partial charge is 0.338 e. The van der Waals surface area contributed by atoms with Gasteiger partial charge in [-0.05, 0) is 30.9 Å². The van der Waals surface area contributed by atoms with Gasteiger partial charge in [-0.3, -0.25) is 4.79 Å². The highest BCUT2D eigenvalue weighted by atomic mass is 16.5. The van der Waals surface area contributed by atoms with E-state index < -0.39 is 23.5 Å². The lowest BCUT2D eigenvalue weighted by Crippen LogP contribution is -2.48. The minimum atomic E-state index is -0.704. The normalized spacial score (nSPS) is 19.3. The van der Waals surface area contributed by atoms with E-state index in [1.54, 1.807) is 6.92 Å². The number of benzene rings is 2. The molecule has 1 fully saturated rings. The van der Waals surface area contributed by atoms with Crippen LogP contribution in [-0.4, -0.2) is 31.2 Å². The second-order valence-electron chi connectivity index (χ2n) is 7.93. The molecule has 0 bridgehead atoms. The van der Waals surface area contributed by atoms with Gasteiger partial charge in [-0.15, -0.1) is 0 Å². The van der Waals surface area contributed by atoms with Crippen LogP contribution >= 0.6 is 0 Å². The molecule has 0 radical (unpaired) electrons. The zero-order valence-corrected chi connectivity index (χ0v) is 17.9. The number of urea groups is 1. The van der Waals surface area contributed by atoms with Crippen LogP contribution in [0.15, 0.2) is 71.9 Å². The van der Waals surface area contributed by atoms with E-state index >= 15 is 0 Å². The number of nitrogens with one attached hydrogen (secondary N) is 2. The molecule has 7 nitrogen and oxygen atoms in total. The lowest BCUT2D eigenvalue weighted by atomic mass is 9.64. The topological polar surface area (TPSA) is 93.7 Å². The van der Waals surface area contributed by atoms with E-state index in [0.717, 1.165) is 17.5 Å². The Hall–Kier alpha value is -3.61. The molecule has 1 aliphatic carbocycles. The molecular weight excluding hydrogens is 408 g/mol. The van der Waals surface area contributed by atoms with Crippen LogP contribution in [0, 0.1) is 0 Å². The number of hydrogen-bond acceptors (Lipinski definition) is 5. The number of amides is 2. The van der Waals surface area contributed by atoms with Gasteiger partial charge in [-0.1, -0.05) is 67.1 Å². The Bertz CT molecular complexity index is 1030. The quantitative estimate of drug-likeness (QED) is 0.651. The molecule has 1 saturated carbocycles. The molecule has 2 amide bonds. The fourth-order valence-corrected chi connectivity index (χ4v) is 4.25. The van der Waals surface area contributed by atoms with Gasteiger partial charge in [0, 0.05) is 0 Å². The van der Waals surface area contributed by atoms with E-state index in [2.05, 4.69) is 10.6 Å². The number of carbonyl (C=O) groups is 3. The second-order valence-corrected chi connectivity index (χ2v) is 7.93. The largest absolute Gasteiger partial charge is 0.463 e.